The topological polar surface area (TPSA) is 96.7 Å². The predicted molar refractivity (Wildman–Crippen MR) is 118 cm³/mol. The molecule has 0 bridgehead atoms. The Morgan fingerprint density at radius 1 is 1.13 bits per heavy atom. The second kappa shape index (κ2) is 7.68. The fourth-order valence-electron chi connectivity index (χ4n) is 3.26. The number of H-pyrrole nitrogens is 1. The van der Waals surface area contributed by atoms with Crippen molar-refractivity contribution in [2.24, 2.45) is 0 Å². The normalized spacial score (nSPS) is 13.5. The van der Waals surface area contributed by atoms with Crippen LogP contribution in [-0.4, -0.2) is 26.2 Å². The van der Waals surface area contributed by atoms with Crippen LogP contribution in [0.25, 0.3) is 34.0 Å². The van der Waals surface area contributed by atoms with Crippen LogP contribution in [0.2, 0.25) is 0 Å². The van der Waals surface area contributed by atoms with Gasteiger partial charge in [-0.3, -0.25) is 9.78 Å². The van der Waals surface area contributed by atoms with Gasteiger partial charge in [-0.15, -0.1) is 0 Å². The first kappa shape index (κ1) is 18.4. The Morgan fingerprint density at radius 3 is 2.67 bits per heavy atom. The molecule has 3 aromatic heterocycles. The highest BCUT2D eigenvalue weighted by Gasteiger charge is 2.20. The lowest BCUT2D eigenvalue weighted by molar-refractivity contribution is 0.433. The smallest absolute Gasteiger partial charge is 0.247 e. The number of nitrogens with zero attached hydrogens (tertiary/aromatic N) is 3. The molecule has 7 heteroatoms. The maximum absolute atomic E-state index is 11.3. The van der Waals surface area contributed by atoms with E-state index >= 15 is 0 Å². The molecule has 0 atom stereocenters. The zero-order valence-electron chi connectivity index (χ0n) is 16.6. The van der Waals surface area contributed by atoms with E-state index in [0.717, 1.165) is 29.1 Å². The van der Waals surface area contributed by atoms with Gasteiger partial charge in [0.25, 0.3) is 0 Å². The van der Waals surface area contributed by atoms with E-state index in [4.69, 9.17) is 4.52 Å². The van der Waals surface area contributed by atoms with Crippen molar-refractivity contribution >= 4 is 0 Å². The molecule has 1 saturated carbocycles. The van der Waals surface area contributed by atoms with Gasteiger partial charge < -0.3 is 14.8 Å². The molecule has 0 saturated heterocycles. The Bertz CT molecular complexity index is 1230. The molecule has 0 spiro atoms. The largest absolute Gasteiger partial charge is 0.354 e. The Labute approximate surface area is 176 Å². The van der Waals surface area contributed by atoms with E-state index in [0.29, 0.717) is 23.2 Å². The zero-order valence-corrected chi connectivity index (χ0v) is 16.6. The first-order valence-electron chi connectivity index (χ1n) is 9.98. The monoisotopic (exact) mass is 403 g/mol. The summed E-state index contributed by atoms with van der Waals surface area (Å²) in [6.45, 7) is 2.77. The molecule has 5 rings (SSSR count). The maximum atomic E-state index is 11.3. The van der Waals surface area contributed by atoms with Crippen molar-refractivity contribution in [1.82, 2.24) is 25.4 Å². The molecule has 0 unspecified atom stereocenters. The van der Waals surface area contributed by atoms with E-state index in [1.165, 1.54) is 24.5 Å². The molecule has 0 amide bonds. The highest BCUT2D eigenvalue weighted by Crippen LogP contribution is 2.28. The fourth-order valence-corrected chi connectivity index (χ4v) is 3.26. The van der Waals surface area contributed by atoms with Crippen LogP contribution >= 0.6 is 0 Å². The van der Waals surface area contributed by atoms with Crippen molar-refractivity contribution in [3.8, 4) is 34.0 Å². The third-order valence-electron chi connectivity index (χ3n) is 5.20. The lowest BCUT2D eigenvalue weighted by atomic mass is 10.1. The van der Waals surface area contributed by atoms with Crippen molar-refractivity contribution in [2.45, 2.75) is 32.4 Å². The Morgan fingerprint density at radius 2 is 1.93 bits per heavy atom. The fraction of sp³-hybridized carbons (Fsp3) is 0.217. The molecule has 1 aliphatic rings. The Hall–Kier alpha value is -3.58. The van der Waals surface area contributed by atoms with Crippen LogP contribution in [-0.2, 0) is 6.54 Å². The van der Waals surface area contributed by atoms with Gasteiger partial charge in [0, 0.05) is 44.9 Å². The second-order valence-corrected chi connectivity index (χ2v) is 7.56. The molecule has 3 heterocycles. The lowest BCUT2D eigenvalue weighted by Crippen LogP contribution is -2.14. The number of hydrogen-bond donors (Lipinski definition) is 2. The minimum atomic E-state index is -0.159. The third-order valence-corrected chi connectivity index (χ3v) is 5.20. The number of pyridine rings is 1. The molecule has 1 fully saturated rings. The summed E-state index contributed by atoms with van der Waals surface area (Å²) in [6, 6.07) is 14.1. The summed E-state index contributed by atoms with van der Waals surface area (Å²) in [7, 11) is 0. The summed E-state index contributed by atoms with van der Waals surface area (Å²) >= 11 is 0. The van der Waals surface area contributed by atoms with Crippen molar-refractivity contribution < 1.29 is 7.38 Å². The van der Waals surface area contributed by atoms with E-state index in [1.54, 1.807) is 18.5 Å². The number of aromatic amines is 1. The molecule has 0 aliphatic heterocycles. The summed E-state index contributed by atoms with van der Waals surface area (Å²) in [5, 5.41) is 7.74. The minimum absolute atomic E-state index is 0. The van der Waals surface area contributed by atoms with Crippen LogP contribution in [0.15, 0.2) is 64.2 Å². The molecule has 0 radical (unpaired) electrons. The van der Waals surface area contributed by atoms with Gasteiger partial charge in [0.1, 0.15) is 11.4 Å². The van der Waals surface area contributed by atoms with Crippen molar-refractivity contribution in [3.63, 3.8) is 0 Å². The summed E-state index contributed by atoms with van der Waals surface area (Å²) in [6.07, 6.45) is 5.87. The minimum Gasteiger partial charge on any atom is -0.354 e. The van der Waals surface area contributed by atoms with Gasteiger partial charge in [-0.25, -0.2) is 4.98 Å². The van der Waals surface area contributed by atoms with E-state index in [1.807, 2.05) is 13.0 Å². The van der Waals surface area contributed by atoms with Gasteiger partial charge in [-0.2, -0.15) is 0 Å². The van der Waals surface area contributed by atoms with Gasteiger partial charge in [0.2, 0.25) is 5.56 Å². The molecule has 154 valence electrons. The molecule has 1 aliphatic carbocycles. The van der Waals surface area contributed by atoms with E-state index in [-0.39, 0.29) is 8.41 Å². The van der Waals surface area contributed by atoms with Crippen LogP contribution in [0.1, 0.15) is 27.0 Å². The van der Waals surface area contributed by atoms with E-state index < -0.39 is 0 Å². The van der Waals surface area contributed by atoms with Gasteiger partial charge in [0.05, 0.1) is 17.6 Å². The van der Waals surface area contributed by atoms with Crippen molar-refractivity contribution in [1.29, 1.82) is 0 Å². The number of nitrogens with one attached hydrogen (secondary N) is 2. The highest BCUT2D eigenvalue weighted by molar-refractivity contribution is 5.68. The molecule has 30 heavy (non-hydrogen) atoms. The molecular formula is C23H25N5O2. The standard InChI is InChI=1S/C23H21N5O2.2H2/c1-14-23(27-20(13-24-14)17-6-9-22(29)26-12-17)21-10-19(28-30-21)16-4-2-15(3-5-16)11-25-18-7-8-18;;/h2-6,9-10,12-13,18,25H,7-8,11H2,1H3,(H,26,29);2*1H. The molecule has 2 N–H and O–H groups in total. The number of benzene rings is 1. The highest BCUT2D eigenvalue weighted by atomic mass is 16.5. The van der Waals surface area contributed by atoms with Crippen LogP contribution in [0.4, 0.5) is 0 Å². The first-order valence-corrected chi connectivity index (χ1v) is 9.98. The number of aryl methyl sites for hydroxylation is 1. The number of hydrogen-bond acceptors (Lipinski definition) is 6. The molecule has 7 nitrogen and oxygen atoms in total. The summed E-state index contributed by atoms with van der Waals surface area (Å²) < 4.78 is 5.59. The Balaban J connectivity index is 0.00000144. The number of aromatic nitrogens is 4. The quantitative estimate of drug-likeness (QED) is 0.501. The maximum Gasteiger partial charge on any atom is 0.247 e. The van der Waals surface area contributed by atoms with Gasteiger partial charge in [0.15, 0.2) is 5.76 Å². The van der Waals surface area contributed by atoms with Crippen LogP contribution in [0.5, 0.6) is 0 Å². The molecule has 1 aromatic carbocycles. The van der Waals surface area contributed by atoms with Crippen LogP contribution in [0, 0.1) is 6.92 Å². The van der Waals surface area contributed by atoms with E-state index in [2.05, 4.69) is 49.7 Å². The number of rotatable bonds is 6. The predicted octanol–water partition coefficient (Wildman–Crippen LogP) is 4.21. The average molecular weight is 403 g/mol. The van der Waals surface area contributed by atoms with Gasteiger partial charge in [-0.05, 0) is 31.4 Å². The van der Waals surface area contributed by atoms with Gasteiger partial charge in [-0.1, -0.05) is 29.4 Å². The van der Waals surface area contributed by atoms with Crippen LogP contribution in [0.3, 0.4) is 0 Å². The first-order chi connectivity index (χ1) is 14.7. The molecule has 4 aromatic rings. The van der Waals surface area contributed by atoms with Gasteiger partial charge >= 0.3 is 0 Å². The van der Waals surface area contributed by atoms with Crippen LogP contribution < -0.4 is 10.9 Å². The van der Waals surface area contributed by atoms with E-state index in [9.17, 15) is 4.79 Å². The summed E-state index contributed by atoms with van der Waals surface area (Å²) in [4.78, 5) is 23.1. The third kappa shape index (κ3) is 3.92. The summed E-state index contributed by atoms with van der Waals surface area (Å²) in [5.74, 6) is 0.556. The summed E-state index contributed by atoms with van der Waals surface area (Å²) in [5.41, 5.74) is 5.63. The van der Waals surface area contributed by atoms with Crippen molar-refractivity contribution in [2.75, 3.05) is 0 Å². The average Bonchev–Trinajstić information content (AvgIpc) is 3.48. The molecular weight excluding hydrogens is 378 g/mol. The van der Waals surface area contributed by atoms with Crippen molar-refractivity contribution in [3.05, 3.63) is 76.5 Å². The Kier molecular flexibility index (Phi) is 4.72. The SMILES string of the molecule is Cc1ncc(-c2ccc(=O)[nH]c2)nc1-c1cc(-c2ccc(CNC3CC3)cc2)no1.[HH].[HH]. The second-order valence-electron chi connectivity index (χ2n) is 7.56. The zero-order chi connectivity index (χ0) is 20.5. The lowest BCUT2D eigenvalue weighted by Gasteiger charge is -2.04.